The zero-order chi connectivity index (χ0) is 26.7. The number of rotatable bonds is 5. The minimum atomic E-state index is -3.67. The van der Waals surface area contributed by atoms with Gasteiger partial charge in [0.1, 0.15) is 17.2 Å². The second-order valence-electron chi connectivity index (χ2n) is 9.08. The van der Waals surface area contributed by atoms with Gasteiger partial charge in [0.25, 0.3) is 10.1 Å². The van der Waals surface area contributed by atoms with E-state index in [0.717, 1.165) is 50.7 Å². The van der Waals surface area contributed by atoms with Crippen LogP contribution in [0.4, 0.5) is 23.0 Å². The molecule has 13 nitrogen and oxygen atoms in total. The van der Waals surface area contributed by atoms with Gasteiger partial charge in [0.05, 0.1) is 37.9 Å². The van der Waals surface area contributed by atoms with E-state index in [-0.39, 0.29) is 0 Å². The number of benzene rings is 1. The quantitative estimate of drug-likeness (QED) is 0.314. The monoisotopic (exact) mass is 539 g/mol. The van der Waals surface area contributed by atoms with Crippen LogP contribution < -0.4 is 16.0 Å². The molecule has 0 amide bonds. The smallest absolute Gasteiger partial charge is 0.261 e. The van der Waals surface area contributed by atoms with Crippen molar-refractivity contribution in [3.63, 3.8) is 0 Å². The molecule has 2 aliphatic heterocycles. The lowest BCUT2D eigenvalue weighted by Crippen LogP contribution is -2.56. The van der Waals surface area contributed by atoms with E-state index < -0.39 is 10.1 Å². The van der Waals surface area contributed by atoms with Crippen LogP contribution in [0.3, 0.4) is 0 Å². The first-order valence-electron chi connectivity index (χ1n) is 12.0. The van der Waals surface area contributed by atoms with Gasteiger partial charge in [-0.05, 0) is 24.3 Å². The first kappa shape index (κ1) is 25.8. The van der Waals surface area contributed by atoms with Gasteiger partial charge in [-0.3, -0.25) is 14.4 Å². The van der Waals surface area contributed by atoms with Crippen molar-refractivity contribution in [2.45, 2.75) is 6.04 Å². The second kappa shape index (κ2) is 10.9. The van der Waals surface area contributed by atoms with Crippen molar-refractivity contribution in [1.82, 2.24) is 29.2 Å². The van der Waals surface area contributed by atoms with Gasteiger partial charge in [0.15, 0.2) is 11.5 Å². The topological polar surface area (TPSA) is 164 Å². The number of hydrogen-bond acceptors (Lipinski definition) is 11. The van der Waals surface area contributed by atoms with Crippen LogP contribution in [0.15, 0.2) is 55.2 Å². The highest BCUT2D eigenvalue weighted by Gasteiger charge is 2.28. The van der Waals surface area contributed by atoms with Gasteiger partial charge in [0, 0.05) is 56.1 Å². The van der Waals surface area contributed by atoms with E-state index in [2.05, 4.69) is 54.3 Å². The molecule has 38 heavy (non-hydrogen) atoms. The molecule has 0 unspecified atom stereocenters. The van der Waals surface area contributed by atoms with Gasteiger partial charge in [0.2, 0.25) is 0 Å². The van der Waals surface area contributed by atoms with E-state index >= 15 is 0 Å². The summed E-state index contributed by atoms with van der Waals surface area (Å²) in [5.41, 5.74) is 9.98. The van der Waals surface area contributed by atoms with E-state index in [1.165, 1.54) is 11.9 Å². The molecule has 0 spiro atoms. The number of nitrogens with one attached hydrogen (secondary N) is 1. The number of fused-ring (bicyclic) bond motifs is 1. The highest BCUT2D eigenvalue weighted by molar-refractivity contribution is 7.85. The number of ether oxygens (including phenoxy) is 1. The first-order valence-corrected chi connectivity index (χ1v) is 13.9. The van der Waals surface area contributed by atoms with E-state index in [9.17, 15) is 8.42 Å². The van der Waals surface area contributed by atoms with Gasteiger partial charge in [-0.1, -0.05) is 0 Å². The normalized spacial score (nSPS) is 16.5. The summed E-state index contributed by atoms with van der Waals surface area (Å²) in [4.78, 5) is 22.6. The van der Waals surface area contributed by atoms with E-state index in [1.807, 2.05) is 16.8 Å². The lowest BCUT2D eigenvalue weighted by Gasteiger charge is -2.43. The number of nitrogen functional groups attached to an aromatic ring is 1. The number of imidazole rings is 1. The Labute approximate surface area is 220 Å². The van der Waals surface area contributed by atoms with Crippen LogP contribution in [0, 0.1) is 0 Å². The predicted molar refractivity (Wildman–Crippen MR) is 144 cm³/mol. The lowest BCUT2D eigenvalue weighted by molar-refractivity contribution is -0.0660. The van der Waals surface area contributed by atoms with Gasteiger partial charge < -0.3 is 25.1 Å². The average Bonchev–Trinajstić information content (AvgIpc) is 3.32. The van der Waals surface area contributed by atoms with Crippen molar-refractivity contribution in [1.29, 1.82) is 0 Å². The SMILES string of the molecule is CS(=O)(=O)O.Nc1cncc(-c2cn3ccnc3c(Nc3ccc(N4CCN(C5COC5)CC4)cc3)n2)n1. The summed E-state index contributed by atoms with van der Waals surface area (Å²) in [6, 6.07) is 9.08. The summed E-state index contributed by atoms with van der Waals surface area (Å²) in [5.74, 6) is 0.998. The van der Waals surface area contributed by atoms with E-state index in [0.29, 0.717) is 35.3 Å². The maximum Gasteiger partial charge on any atom is 0.261 e. The van der Waals surface area contributed by atoms with Gasteiger partial charge in [-0.25, -0.2) is 15.0 Å². The molecule has 6 rings (SSSR count). The van der Waals surface area contributed by atoms with Crippen LogP contribution in [0.5, 0.6) is 0 Å². The Bertz CT molecular complexity index is 1490. The summed E-state index contributed by atoms with van der Waals surface area (Å²) in [6.07, 6.45) is 9.38. The van der Waals surface area contributed by atoms with Gasteiger partial charge >= 0.3 is 0 Å². The van der Waals surface area contributed by atoms with Crippen LogP contribution in [0.2, 0.25) is 0 Å². The molecular formula is C24H29N9O4S. The van der Waals surface area contributed by atoms with Crippen molar-refractivity contribution in [2.24, 2.45) is 0 Å². The predicted octanol–water partition coefficient (Wildman–Crippen LogP) is 1.54. The van der Waals surface area contributed by atoms with Crippen LogP contribution >= 0.6 is 0 Å². The van der Waals surface area contributed by atoms with Crippen LogP contribution in [-0.4, -0.2) is 93.9 Å². The molecule has 0 radical (unpaired) electrons. The molecule has 200 valence electrons. The Hall–Kier alpha value is -3.85. The lowest BCUT2D eigenvalue weighted by atomic mass is 10.1. The first-order chi connectivity index (χ1) is 18.2. The largest absolute Gasteiger partial charge is 0.382 e. The summed E-state index contributed by atoms with van der Waals surface area (Å²) in [5, 5.41) is 3.41. The Kier molecular flexibility index (Phi) is 7.37. The maximum absolute atomic E-state index is 9.19. The Balaban J connectivity index is 0.000000540. The van der Waals surface area contributed by atoms with Crippen molar-refractivity contribution in [3.05, 3.63) is 55.2 Å². The van der Waals surface area contributed by atoms with Crippen molar-refractivity contribution >= 4 is 38.8 Å². The standard InChI is InChI=1S/C23H25N9O.CH4O3S/c24-21-12-25-11-19(28-21)20-13-32-6-5-26-23(32)22(29-20)27-16-1-3-17(4-2-16)30-7-9-31(10-8-30)18-14-33-15-18;1-5(2,3)4/h1-6,11-13,18H,7-10,14-15H2,(H2,24,28)(H,27,29);1H3,(H,2,3,4). The molecule has 4 aromatic rings. The zero-order valence-corrected chi connectivity index (χ0v) is 21.6. The fourth-order valence-corrected chi connectivity index (χ4v) is 4.32. The van der Waals surface area contributed by atoms with E-state index in [1.54, 1.807) is 12.4 Å². The fourth-order valence-electron chi connectivity index (χ4n) is 4.32. The number of nitrogens with two attached hydrogens (primary N) is 1. The number of hydrogen-bond donors (Lipinski definition) is 3. The summed E-state index contributed by atoms with van der Waals surface area (Å²) < 4.78 is 33.1. The molecule has 4 N–H and O–H groups in total. The third kappa shape index (κ3) is 6.34. The zero-order valence-electron chi connectivity index (χ0n) is 20.8. The Morgan fingerprint density at radius 2 is 1.76 bits per heavy atom. The summed E-state index contributed by atoms with van der Waals surface area (Å²) >= 11 is 0. The average molecular weight is 540 g/mol. The third-order valence-corrected chi connectivity index (χ3v) is 6.24. The maximum atomic E-state index is 9.19. The summed E-state index contributed by atoms with van der Waals surface area (Å²) in [7, 11) is -3.67. The van der Waals surface area contributed by atoms with Crippen LogP contribution in [0.25, 0.3) is 17.0 Å². The van der Waals surface area contributed by atoms with Crippen LogP contribution in [-0.2, 0) is 14.9 Å². The van der Waals surface area contributed by atoms with Crippen molar-refractivity contribution in [3.8, 4) is 11.4 Å². The van der Waals surface area contributed by atoms with Gasteiger partial charge in [-0.15, -0.1) is 0 Å². The minimum absolute atomic E-state index is 0.354. The number of piperazine rings is 1. The Morgan fingerprint density at radius 3 is 2.39 bits per heavy atom. The minimum Gasteiger partial charge on any atom is -0.382 e. The molecule has 0 bridgehead atoms. The molecule has 5 heterocycles. The Morgan fingerprint density at radius 1 is 1.05 bits per heavy atom. The highest BCUT2D eigenvalue weighted by atomic mass is 32.2. The molecule has 0 atom stereocenters. The van der Waals surface area contributed by atoms with Crippen LogP contribution in [0.1, 0.15) is 0 Å². The second-order valence-corrected chi connectivity index (χ2v) is 10.5. The van der Waals surface area contributed by atoms with Crippen molar-refractivity contribution in [2.75, 3.05) is 61.6 Å². The molecule has 2 aliphatic rings. The molecular weight excluding hydrogens is 510 g/mol. The highest BCUT2D eigenvalue weighted by Crippen LogP contribution is 2.26. The molecule has 2 saturated heterocycles. The molecule has 14 heteroatoms. The molecule has 1 aromatic carbocycles. The van der Waals surface area contributed by atoms with Crippen molar-refractivity contribution < 1.29 is 17.7 Å². The molecule has 3 aromatic heterocycles. The molecule has 2 fully saturated rings. The summed E-state index contributed by atoms with van der Waals surface area (Å²) in [6.45, 7) is 5.98. The number of anilines is 4. The van der Waals surface area contributed by atoms with E-state index in [4.69, 9.17) is 20.0 Å². The van der Waals surface area contributed by atoms with Gasteiger partial charge in [-0.2, -0.15) is 8.42 Å². The number of nitrogens with zero attached hydrogens (tertiary/aromatic N) is 7. The fraction of sp³-hybridized carbons (Fsp3) is 0.333. The number of aromatic nitrogens is 5. The molecule has 0 saturated carbocycles. The molecule has 0 aliphatic carbocycles. The third-order valence-electron chi connectivity index (χ3n) is 6.24.